The van der Waals surface area contributed by atoms with E-state index < -0.39 is 0 Å². The Kier molecular flexibility index (Phi) is 6.86. The van der Waals surface area contributed by atoms with Crippen LogP contribution in [0.4, 0.5) is 5.69 Å². The molecule has 0 spiro atoms. The van der Waals surface area contributed by atoms with E-state index in [1.807, 2.05) is 78.9 Å². The third kappa shape index (κ3) is 5.17. The standard InChI is InChI=1S/C26H18ClN3OS/c27-20-13-11-19(12-14-20)24-15-22(18-7-3-1-4-8-18)23(16-28)26(30-24)32-17-25(31)29-21-9-5-2-6-10-21/h1-15H,17H2,(H,29,31). The number of anilines is 1. The van der Waals surface area contributed by atoms with Crippen molar-refractivity contribution in [1.29, 1.82) is 5.26 Å². The predicted molar refractivity (Wildman–Crippen MR) is 131 cm³/mol. The van der Waals surface area contributed by atoms with Gasteiger partial charge in [0.2, 0.25) is 5.91 Å². The molecule has 3 aromatic carbocycles. The SMILES string of the molecule is N#Cc1c(-c2ccccc2)cc(-c2ccc(Cl)cc2)nc1SCC(=O)Nc1ccccc1. The second-order valence-electron chi connectivity index (χ2n) is 6.92. The molecule has 0 fully saturated rings. The summed E-state index contributed by atoms with van der Waals surface area (Å²) in [5, 5.41) is 14.0. The van der Waals surface area contributed by atoms with Crippen molar-refractivity contribution in [3.05, 3.63) is 102 Å². The summed E-state index contributed by atoms with van der Waals surface area (Å²) in [5.74, 6) is -0.0282. The van der Waals surface area contributed by atoms with E-state index in [4.69, 9.17) is 16.6 Å². The van der Waals surface area contributed by atoms with Gasteiger partial charge in [0.15, 0.2) is 0 Å². The van der Waals surface area contributed by atoms with Crippen LogP contribution in [-0.2, 0) is 4.79 Å². The highest BCUT2D eigenvalue weighted by molar-refractivity contribution is 8.00. The van der Waals surface area contributed by atoms with Gasteiger partial charge in [-0.25, -0.2) is 4.98 Å². The largest absolute Gasteiger partial charge is 0.325 e. The number of benzene rings is 3. The molecule has 0 bridgehead atoms. The van der Waals surface area contributed by atoms with Crippen LogP contribution in [0.1, 0.15) is 5.56 Å². The number of nitrogens with one attached hydrogen (secondary N) is 1. The normalized spacial score (nSPS) is 10.4. The van der Waals surface area contributed by atoms with Gasteiger partial charge in [0.1, 0.15) is 11.1 Å². The van der Waals surface area contributed by atoms with Gasteiger partial charge < -0.3 is 5.32 Å². The number of para-hydroxylation sites is 1. The quantitative estimate of drug-likeness (QED) is 0.329. The van der Waals surface area contributed by atoms with Crippen LogP contribution < -0.4 is 5.32 Å². The maximum absolute atomic E-state index is 12.5. The van der Waals surface area contributed by atoms with Crippen LogP contribution in [-0.4, -0.2) is 16.6 Å². The van der Waals surface area contributed by atoms with Gasteiger partial charge in [-0.2, -0.15) is 5.26 Å². The van der Waals surface area contributed by atoms with Crippen molar-refractivity contribution in [2.45, 2.75) is 5.03 Å². The summed E-state index contributed by atoms with van der Waals surface area (Å²) in [6.07, 6.45) is 0. The first-order chi connectivity index (χ1) is 15.6. The van der Waals surface area contributed by atoms with Crippen molar-refractivity contribution < 1.29 is 4.79 Å². The minimum Gasteiger partial charge on any atom is -0.325 e. The molecule has 4 nitrogen and oxygen atoms in total. The summed E-state index contributed by atoms with van der Waals surface area (Å²) in [5.41, 5.74) is 4.46. The van der Waals surface area contributed by atoms with Gasteiger partial charge in [0, 0.05) is 21.8 Å². The van der Waals surface area contributed by atoms with E-state index in [1.54, 1.807) is 12.1 Å². The zero-order valence-corrected chi connectivity index (χ0v) is 18.5. The number of nitriles is 1. The third-order valence-corrected chi connectivity index (χ3v) is 5.95. The molecule has 0 atom stereocenters. The minimum atomic E-state index is -0.162. The lowest BCUT2D eigenvalue weighted by Gasteiger charge is -2.13. The molecule has 32 heavy (non-hydrogen) atoms. The zero-order valence-electron chi connectivity index (χ0n) is 17.0. The first-order valence-corrected chi connectivity index (χ1v) is 11.2. The highest BCUT2D eigenvalue weighted by Crippen LogP contribution is 2.34. The molecule has 0 aliphatic rings. The number of hydrogen-bond acceptors (Lipinski definition) is 4. The second kappa shape index (κ2) is 10.1. The molecule has 1 heterocycles. The number of carbonyl (C=O) groups is 1. The van der Waals surface area contributed by atoms with Crippen molar-refractivity contribution in [2.24, 2.45) is 0 Å². The lowest BCUT2D eigenvalue weighted by atomic mass is 9.99. The monoisotopic (exact) mass is 455 g/mol. The Bertz CT molecular complexity index is 1270. The Labute approximate surface area is 195 Å². The fraction of sp³-hybridized carbons (Fsp3) is 0.0385. The van der Waals surface area contributed by atoms with E-state index in [-0.39, 0.29) is 11.7 Å². The molecule has 1 N–H and O–H groups in total. The van der Waals surface area contributed by atoms with Crippen molar-refractivity contribution >= 4 is 35.0 Å². The number of pyridine rings is 1. The average molecular weight is 456 g/mol. The minimum absolute atomic E-state index is 0.134. The van der Waals surface area contributed by atoms with E-state index in [9.17, 15) is 10.1 Å². The summed E-state index contributed by atoms with van der Waals surface area (Å²) < 4.78 is 0. The molecule has 1 amide bonds. The molecule has 4 rings (SSSR count). The van der Waals surface area contributed by atoms with Crippen molar-refractivity contribution in [2.75, 3.05) is 11.1 Å². The van der Waals surface area contributed by atoms with Crippen LogP contribution >= 0.6 is 23.4 Å². The Morgan fingerprint density at radius 3 is 2.25 bits per heavy atom. The van der Waals surface area contributed by atoms with Gasteiger partial charge in [-0.3, -0.25) is 4.79 Å². The third-order valence-electron chi connectivity index (χ3n) is 4.72. The molecule has 6 heteroatoms. The Balaban J connectivity index is 1.69. The number of hydrogen-bond donors (Lipinski definition) is 1. The van der Waals surface area contributed by atoms with E-state index in [1.165, 1.54) is 11.8 Å². The Morgan fingerprint density at radius 1 is 0.938 bits per heavy atom. The van der Waals surface area contributed by atoms with E-state index in [0.717, 1.165) is 22.4 Å². The summed E-state index contributed by atoms with van der Waals surface area (Å²) in [4.78, 5) is 17.2. The van der Waals surface area contributed by atoms with Gasteiger partial charge >= 0.3 is 0 Å². The van der Waals surface area contributed by atoms with Crippen LogP contribution in [0.25, 0.3) is 22.4 Å². The number of aromatic nitrogens is 1. The van der Waals surface area contributed by atoms with Gasteiger partial charge in [-0.05, 0) is 35.9 Å². The highest BCUT2D eigenvalue weighted by Gasteiger charge is 2.17. The Morgan fingerprint density at radius 2 is 1.59 bits per heavy atom. The summed E-state index contributed by atoms with van der Waals surface area (Å²) >= 11 is 7.29. The maximum atomic E-state index is 12.5. The molecule has 0 saturated carbocycles. The van der Waals surface area contributed by atoms with Crippen LogP contribution in [0.3, 0.4) is 0 Å². The molecule has 0 aliphatic heterocycles. The topological polar surface area (TPSA) is 65.8 Å². The lowest BCUT2D eigenvalue weighted by molar-refractivity contribution is -0.113. The zero-order chi connectivity index (χ0) is 22.3. The molecular formula is C26H18ClN3OS. The van der Waals surface area contributed by atoms with Crippen molar-refractivity contribution in [3.63, 3.8) is 0 Å². The number of carbonyl (C=O) groups excluding carboxylic acids is 1. The average Bonchev–Trinajstić information content (AvgIpc) is 2.84. The molecule has 156 valence electrons. The van der Waals surface area contributed by atoms with Crippen LogP contribution in [0.15, 0.2) is 96.0 Å². The van der Waals surface area contributed by atoms with Crippen molar-refractivity contribution in [1.82, 2.24) is 4.98 Å². The number of thioether (sulfide) groups is 1. The van der Waals surface area contributed by atoms with E-state index in [2.05, 4.69) is 11.4 Å². The number of nitrogens with zero attached hydrogens (tertiary/aromatic N) is 2. The number of halogens is 1. The predicted octanol–water partition coefficient (Wildman–Crippen LogP) is 6.67. The van der Waals surface area contributed by atoms with E-state index >= 15 is 0 Å². The van der Waals surface area contributed by atoms with Gasteiger partial charge in [0.05, 0.1) is 17.0 Å². The summed E-state index contributed by atoms with van der Waals surface area (Å²) in [7, 11) is 0. The summed E-state index contributed by atoms with van der Waals surface area (Å²) in [6, 6.07) is 30.6. The fourth-order valence-corrected chi connectivity index (χ4v) is 4.13. The molecule has 0 saturated heterocycles. The van der Waals surface area contributed by atoms with Crippen LogP contribution in [0.5, 0.6) is 0 Å². The molecule has 0 aliphatic carbocycles. The number of amides is 1. The maximum Gasteiger partial charge on any atom is 0.234 e. The lowest BCUT2D eigenvalue weighted by Crippen LogP contribution is -2.14. The Hall–Kier alpha value is -3.59. The second-order valence-corrected chi connectivity index (χ2v) is 8.32. The first-order valence-electron chi connectivity index (χ1n) is 9.88. The summed E-state index contributed by atoms with van der Waals surface area (Å²) in [6.45, 7) is 0. The molecule has 4 aromatic rings. The number of rotatable bonds is 6. The molecule has 1 aromatic heterocycles. The molecular weight excluding hydrogens is 438 g/mol. The van der Waals surface area contributed by atoms with Gasteiger partial charge in [-0.15, -0.1) is 0 Å². The van der Waals surface area contributed by atoms with E-state index in [0.29, 0.717) is 21.3 Å². The van der Waals surface area contributed by atoms with Gasteiger partial charge in [0.25, 0.3) is 0 Å². The first kappa shape index (κ1) is 21.6. The van der Waals surface area contributed by atoms with Crippen LogP contribution in [0.2, 0.25) is 5.02 Å². The van der Waals surface area contributed by atoms with Crippen LogP contribution in [0, 0.1) is 11.3 Å². The highest BCUT2D eigenvalue weighted by atomic mass is 35.5. The van der Waals surface area contributed by atoms with Gasteiger partial charge in [-0.1, -0.05) is 84.0 Å². The molecule has 0 radical (unpaired) electrons. The molecule has 0 unspecified atom stereocenters. The van der Waals surface area contributed by atoms with Crippen molar-refractivity contribution in [3.8, 4) is 28.5 Å². The smallest absolute Gasteiger partial charge is 0.234 e. The fourth-order valence-electron chi connectivity index (χ4n) is 3.20.